The van der Waals surface area contributed by atoms with Crippen molar-refractivity contribution in [3.05, 3.63) is 46.8 Å². The maximum atomic E-state index is 10.2. The molecule has 0 spiro atoms. The number of aryl methyl sites for hydroxylation is 1. The van der Waals surface area contributed by atoms with Gasteiger partial charge in [-0.15, -0.1) is 21.5 Å². The van der Waals surface area contributed by atoms with E-state index >= 15 is 0 Å². The van der Waals surface area contributed by atoms with Gasteiger partial charge >= 0.3 is 0 Å². The van der Waals surface area contributed by atoms with E-state index in [2.05, 4.69) is 33.2 Å². The van der Waals surface area contributed by atoms with Crippen LogP contribution in [0.15, 0.2) is 40.9 Å². The van der Waals surface area contributed by atoms with Crippen LogP contribution in [0.25, 0.3) is 21.5 Å². The third-order valence-corrected chi connectivity index (χ3v) is 7.40. The number of thiophene rings is 1. The highest BCUT2D eigenvalue weighted by Crippen LogP contribution is 2.40. The molecular weight excluding hydrogens is 426 g/mol. The lowest BCUT2D eigenvalue weighted by Gasteiger charge is -2.31. The lowest BCUT2D eigenvalue weighted by atomic mass is 9.92. The molecule has 0 unspecified atom stereocenters. The number of aromatic nitrogens is 3. The predicted molar refractivity (Wildman–Crippen MR) is 124 cm³/mol. The van der Waals surface area contributed by atoms with Crippen LogP contribution in [0.5, 0.6) is 11.6 Å². The van der Waals surface area contributed by atoms with Crippen molar-refractivity contribution in [2.45, 2.75) is 25.7 Å². The van der Waals surface area contributed by atoms with Crippen LogP contribution < -0.4 is 10.5 Å². The van der Waals surface area contributed by atoms with E-state index in [1.807, 2.05) is 18.2 Å². The second-order valence-electron chi connectivity index (χ2n) is 8.09. The smallest absolute Gasteiger partial charge is 0.256 e. The van der Waals surface area contributed by atoms with Gasteiger partial charge in [0.25, 0.3) is 5.88 Å². The van der Waals surface area contributed by atoms with E-state index in [0.717, 1.165) is 42.7 Å². The Morgan fingerprint density at radius 3 is 2.78 bits per heavy atom. The van der Waals surface area contributed by atoms with E-state index in [4.69, 9.17) is 15.0 Å². The fraction of sp³-hybridized carbons (Fsp3) is 0.348. The van der Waals surface area contributed by atoms with Crippen LogP contribution in [0, 0.1) is 6.92 Å². The highest BCUT2D eigenvalue weighted by atomic mass is 32.1. The Morgan fingerprint density at radius 1 is 1.22 bits per heavy atom. The Kier molecular flexibility index (Phi) is 5.67. The summed E-state index contributed by atoms with van der Waals surface area (Å²) < 4.78 is 10.4. The van der Waals surface area contributed by atoms with Gasteiger partial charge in [0.05, 0.1) is 11.8 Å². The summed E-state index contributed by atoms with van der Waals surface area (Å²) in [5, 5.41) is 23.9. The minimum absolute atomic E-state index is 0.220. The van der Waals surface area contributed by atoms with E-state index in [1.165, 1.54) is 10.4 Å². The summed E-state index contributed by atoms with van der Waals surface area (Å²) >= 11 is 1.75. The lowest BCUT2D eigenvalue weighted by Crippen LogP contribution is -2.35. The summed E-state index contributed by atoms with van der Waals surface area (Å²) in [5.41, 5.74) is 8.20. The Morgan fingerprint density at radius 2 is 2.03 bits per heavy atom. The number of piperidine rings is 1. The van der Waals surface area contributed by atoms with Crippen molar-refractivity contribution >= 4 is 27.4 Å². The van der Waals surface area contributed by atoms with Gasteiger partial charge < -0.3 is 20.1 Å². The molecule has 1 saturated heterocycles. The number of ether oxygens (including phenoxy) is 1. The van der Waals surface area contributed by atoms with Gasteiger partial charge in [0.2, 0.25) is 5.88 Å². The molecule has 8 nitrogen and oxygen atoms in total. The number of aromatic hydroxyl groups is 1. The summed E-state index contributed by atoms with van der Waals surface area (Å²) in [6.45, 7) is 5.63. The van der Waals surface area contributed by atoms with E-state index in [-0.39, 0.29) is 11.6 Å². The van der Waals surface area contributed by atoms with Crippen LogP contribution in [0.1, 0.15) is 29.2 Å². The third kappa shape index (κ3) is 4.13. The largest absolute Gasteiger partial charge is 0.507 e. The number of para-hydroxylation sites is 1. The number of nitrogen functional groups attached to an aromatic ring is 1. The molecule has 1 aliphatic rings. The van der Waals surface area contributed by atoms with Crippen molar-refractivity contribution in [2.24, 2.45) is 0 Å². The molecule has 0 radical (unpaired) electrons. The molecule has 1 aromatic carbocycles. The number of nitrogens with two attached hydrogens (primary N) is 1. The first-order valence-corrected chi connectivity index (χ1v) is 11.5. The molecule has 5 rings (SSSR count). The Balaban J connectivity index is 1.24. The van der Waals surface area contributed by atoms with Crippen molar-refractivity contribution in [2.75, 3.05) is 32.0 Å². The first-order chi connectivity index (χ1) is 15.6. The second-order valence-corrected chi connectivity index (χ2v) is 9.12. The molecule has 4 aromatic rings. The second kappa shape index (κ2) is 8.76. The quantitative estimate of drug-likeness (QED) is 0.449. The summed E-state index contributed by atoms with van der Waals surface area (Å²) in [7, 11) is 0. The van der Waals surface area contributed by atoms with Crippen molar-refractivity contribution in [3.8, 4) is 22.9 Å². The zero-order valence-corrected chi connectivity index (χ0v) is 18.6. The van der Waals surface area contributed by atoms with Gasteiger partial charge in [0.1, 0.15) is 17.2 Å². The van der Waals surface area contributed by atoms with Crippen LogP contribution in [-0.2, 0) is 0 Å². The molecule has 32 heavy (non-hydrogen) atoms. The van der Waals surface area contributed by atoms with Crippen molar-refractivity contribution in [1.82, 2.24) is 20.3 Å². The van der Waals surface area contributed by atoms with Gasteiger partial charge in [0, 0.05) is 22.4 Å². The van der Waals surface area contributed by atoms with E-state index in [9.17, 15) is 5.11 Å². The molecule has 1 fully saturated rings. The van der Waals surface area contributed by atoms with Gasteiger partial charge in [-0.1, -0.05) is 12.1 Å². The number of hydrogen-bond acceptors (Lipinski definition) is 9. The minimum atomic E-state index is 0.220. The molecule has 9 heteroatoms. The average Bonchev–Trinajstić information content (AvgIpc) is 3.37. The zero-order chi connectivity index (χ0) is 22.1. The highest BCUT2D eigenvalue weighted by Gasteiger charge is 2.25. The maximum Gasteiger partial charge on any atom is 0.256 e. The molecular formula is C23H25N5O3S. The maximum absolute atomic E-state index is 10.2. The fourth-order valence-electron chi connectivity index (χ4n) is 4.29. The van der Waals surface area contributed by atoms with Gasteiger partial charge in [-0.25, -0.2) is 0 Å². The SMILES string of the molecule is Cc1c(C2CCN(CCOc3cc(N)on3)CC2)sc2nnc(-c3ccccc3O)cc12. The van der Waals surface area contributed by atoms with Crippen molar-refractivity contribution in [1.29, 1.82) is 0 Å². The van der Waals surface area contributed by atoms with Crippen molar-refractivity contribution in [3.63, 3.8) is 0 Å². The van der Waals surface area contributed by atoms with Crippen LogP contribution in [-0.4, -0.2) is 51.6 Å². The number of fused-ring (bicyclic) bond motifs is 1. The number of hydrogen-bond donors (Lipinski definition) is 2. The summed E-state index contributed by atoms with van der Waals surface area (Å²) in [5.74, 6) is 1.44. The minimum Gasteiger partial charge on any atom is -0.507 e. The van der Waals surface area contributed by atoms with Crippen molar-refractivity contribution < 1.29 is 14.4 Å². The molecule has 0 bridgehead atoms. The number of rotatable bonds is 6. The molecule has 3 aromatic heterocycles. The number of anilines is 1. The van der Waals surface area contributed by atoms with Crippen LogP contribution in [0.4, 0.5) is 5.88 Å². The Labute approximate surface area is 189 Å². The van der Waals surface area contributed by atoms with Gasteiger partial charge in [-0.05, 0) is 67.7 Å². The summed E-state index contributed by atoms with van der Waals surface area (Å²) in [4.78, 5) is 4.77. The van der Waals surface area contributed by atoms with Crippen LogP contribution in [0.2, 0.25) is 0 Å². The molecule has 0 aliphatic carbocycles. The number of nitrogens with zero attached hydrogens (tertiary/aromatic N) is 4. The first kappa shape index (κ1) is 20.7. The van der Waals surface area contributed by atoms with Gasteiger partial charge in [-0.2, -0.15) is 0 Å². The third-order valence-electron chi connectivity index (χ3n) is 6.04. The van der Waals surface area contributed by atoms with Gasteiger partial charge in [0.15, 0.2) is 0 Å². The lowest BCUT2D eigenvalue weighted by molar-refractivity contribution is 0.168. The molecule has 4 heterocycles. The Hall–Kier alpha value is -3.17. The van der Waals surface area contributed by atoms with E-state index in [0.29, 0.717) is 29.7 Å². The van der Waals surface area contributed by atoms with E-state index in [1.54, 1.807) is 23.5 Å². The number of phenols is 1. The van der Waals surface area contributed by atoms with E-state index < -0.39 is 0 Å². The average molecular weight is 452 g/mol. The monoisotopic (exact) mass is 451 g/mol. The number of benzene rings is 1. The first-order valence-electron chi connectivity index (χ1n) is 10.7. The topological polar surface area (TPSA) is 111 Å². The highest BCUT2D eigenvalue weighted by molar-refractivity contribution is 7.18. The number of likely N-dealkylation sites (tertiary alicyclic amines) is 1. The predicted octanol–water partition coefficient (Wildman–Crippen LogP) is 4.20. The summed E-state index contributed by atoms with van der Waals surface area (Å²) in [6, 6.07) is 10.9. The normalized spacial score (nSPS) is 15.4. The standard InChI is InChI=1S/C23H25N5O3S/c1-14-17-12-18(16-4-2-3-5-19(16)29)25-26-23(17)32-22(14)15-6-8-28(9-7-15)10-11-30-21-13-20(24)31-27-21/h2-5,12-13,15,29H,6-11,24H2,1H3. The molecule has 3 N–H and O–H groups in total. The van der Waals surface area contributed by atoms with Crippen LogP contribution >= 0.6 is 11.3 Å². The number of phenolic OH excluding ortho intramolecular Hbond substituents is 1. The summed E-state index contributed by atoms with van der Waals surface area (Å²) in [6.07, 6.45) is 2.20. The molecule has 0 atom stereocenters. The zero-order valence-electron chi connectivity index (χ0n) is 17.8. The molecule has 0 amide bonds. The fourth-order valence-corrected chi connectivity index (χ4v) is 5.56. The van der Waals surface area contributed by atoms with Crippen LogP contribution in [0.3, 0.4) is 0 Å². The van der Waals surface area contributed by atoms with Gasteiger partial charge in [-0.3, -0.25) is 4.90 Å². The Bertz CT molecular complexity index is 1230. The molecule has 0 saturated carbocycles. The molecule has 166 valence electrons. The molecule has 1 aliphatic heterocycles.